The maximum atomic E-state index is 5.54. The van der Waals surface area contributed by atoms with Crippen LogP contribution in [0.25, 0.3) is 0 Å². The molecule has 0 fully saturated rings. The van der Waals surface area contributed by atoms with Gasteiger partial charge in [-0.3, -0.25) is 0 Å². The summed E-state index contributed by atoms with van der Waals surface area (Å²) in [5, 5.41) is 3.31. The van der Waals surface area contributed by atoms with E-state index in [1.54, 1.807) is 7.11 Å². The molecule has 2 heterocycles. The maximum Gasteiger partial charge on any atom is 0.160 e. The summed E-state index contributed by atoms with van der Waals surface area (Å²) >= 11 is 0. The quantitative estimate of drug-likeness (QED) is 0.885. The van der Waals surface area contributed by atoms with Gasteiger partial charge in [0.15, 0.2) is 5.82 Å². The average molecular weight is 265 g/mol. The van der Waals surface area contributed by atoms with Crippen LogP contribution in [0.15, 0.2) is 0 Å². The van der Waals surface area contributed by atoms with Gasteiger partial charge in [0.1, 0.15) is 11.9 Å². The van der Waals surface area contributed by atoms with Crippen molar-refractivity contribution in [3.8, 4) is 0 Å². The first kappa shape index (κ1) is 14.2. The van der Waals surface area contributed by atoms with E-state index >= 15 is 0 Å². The Balaban J connectivity index is 2.42. The van der Waals surface area contributed by atoms with Crippen molar-refractivity contribution in [2.75, 3.05) is 25.6 Å². The lowest BCUT2D eigenvalue weighted by atomic mass is 10.1. The molecule has 106 valence electrons. The minimum Gasteiger partial charge on any atom is -0.376 e. The summed E-state index contributed by atoms with van der Waals surface area (Å²) in [4.78, 5) is 9.33. The molecule has 1 atom stereocenters. The van der Waals surface area contributed by atoms with Crippen LogP contribution in [0.4, 0.5) is 5.82 Å². The number of anilines is 1. The first-order valence-electron chi connectivity index (χ1n) is 6.91. The highest BCUT2D eigenvalue weighted by Crippen LogP contribution is 2.28. The third kappa shape index (κ3) is 3.04. The number of ether oxygens (including phenoxy) is 2. The van der Waals surface area contributed by atoms with Gasteiger partial charge in [-0.25, -0.2) is 9.97 Å². The molecule has 0 saturated heterocycles. The van der Waals surface area contributed by atoms with Crippen molar-refractivity contribution in [1.82, 2.24) is 9.97 Å². The minimum atomic E-state index is -0.0643. The monoisotopic (exact) mass is 265 g/mol. The molecule has 0 radical (unpaired) electrons. The Labute approximate surface area is 114 Å². The van der Waals surface area contributed by atoms with Gasteiger partial charge in [-0.05, 0) is 12.8 Å². The zero-order chi connectivity index (χ0) is 13.8. The van der Waals surface area contributed by atoms with Crippen LogP contribution in [0.5, 0.6) is 0 Å². The number of methoxy groups -OCH3 is 1. The van der Waals surface area contributed by atoms with Crippen molar-refractivity contribution in [2.45, 2.75) is 39.9 Å². The van der Waals surface area contributed by atoms with Crippen molar-refractivity contribution in [2.24, 2.45) is 5.92 Å². The number of aromatic nitrogens is 2. The van der Waals surface area contributed by atoms with Gasteiger partial charge in [0.2, 0.25) is 0 Å². The molecule has 1 aliphatic rings. The summed E-state index contributed by atoms with van der Waals surface area (Å²) in [5.41, 5.74) is 2.19. The van der Waals surface area contributed by atoms with Crippen LogP contribution in [-0.2, 0) is 22.5 Å². The van der Waals surface area contributed by atoms with Crippen LogP contribution < -0.4 is 5.32 Å². The second kappa shape index (κ2) is 6.30. The Bertz CT molecular complexity index is 435. The highest BCUT2D eigenvalue weighted by atomic mass is 16.5. The van der Waals surface area contributed by atoms with E-state index in [2.05, 4.69) is 31.1 Å². The smallest absolute Gasteiger partial charge is 0.160 e. The normalized spacial score (nSPS) is 16.3. The molecule has 0 aromatic carbocycles. The number of nitrogens with zero attached hydrogens (tertiary/aromatic N) is 2. The van der Waals surface area contributed by atoms with Gasteiger partial charge in [-0.1, -0.05) is 13.8 Å². The topological polar surface area (TPSA) is 56.3 Å². The third-order valence-electron chi connectivity index (χ3n) is 3.30. The number of hydrogen-bond acceptors (Lipinski definition) is 5. The number of nitrogens with one attached hydrogen (secondary N) is 1. The summed E-state index contributed by atoms with van der Waals surface area (Å²) in [5.74, 6) is 2.01. The molecule has 5 nitrogen and oxygen atoms in total. The molecule has 0 amide bonds. The van der Waals surface area contributed by atoms with Gasteiger partial charge in [0.25, 0.3) is 0 Å². The lowest BCUT2D eigenvalue weighted by molar-refractivity contribution is 0.0564. The number of rotatable bonds is 5. The van der Waals surface area contributed by atoms with Gasteiger partial charge in [-0.15, -0.1) is 0 Å². The van der Waals surface area contributed by atoms with E-state index in [9.17, 15) is 0 Å². The van der Waals surface area contributed by atoms with Gasteiger partial charge in [0, 0.05) is 25.6 Å². The highest BCUT2D eigenvalue weighted by molar-refractivity contribution is 5.47. The second-order valence-electron chi connectivity index (χ2n) is 5.09. The fourth-order valence-corrected chi connectivity index (χ4v) is 2.37. The summed E-state index contributed by atoms with van der Waals surface area (Å²) in [6, 6.07) is 0. The van der Waals surface area contributed by atoms with Gasteiger partial charge in [0.05, 0.1) is 18.9 Å². The molecule has 0 saturated carbocycles. The van der Waals surface area contributed by atoms with E-state index in [0.717, 1.165) is 42.5 Å². The van der Waals surface area contributed by atoms with Gasteiger partial charge in [-0.2, -0.15) is 0 Å². The number of hydrogen-bond donors (Lipinski definition) is 1. The zero-order valence-corrected chi connectivity index (χ0v) is 12.2. The average Bonchev–Trinajstić information content (AvgIpc) is 2.39. The molecule has 1 aromatic rings. The van der Waals surface area contributed by atoms with Crippen molar-refractivity contribution >= 4 is 5.82 Å². The lowest BCUT2D eigenvalue weighted by Gasteiger charge is -2.23. The molecule has 2 rings (SSSR count). The van der Waals surface area contributed by atoms with Crippen LogP contribution >= 0.6 is 0 Å². The maximum absolute atomic E-state index is 5.54. The molecule has 0 aliphatic carbocycles. The lowest BCUT2D eigenvalue weighted by Crippen LogP contribution is -2.21. The largest absolute Gasteiger partial charge is 0.376 e. The van der Waals surface area contributed by atoms with E-state index in [-0.39, 0.29) is 6.10 Å². The van der Waals surface area contributed by atoms with Crippen LogP contribution in [0, 0.1) is 5.92 Å². The van der Waals surface area contributed by atoms with E-state index < -0.39 is 0 Å². The van der Waals surface area contributed by atoms with Crippen molar-refractivity contribution < 1.29 is 9.47 Å². The third-order valence-corrected chi connectivity index (χ3v) is 3.30. The molecule has 0 bridgehead atoms. The SMILES string of the molecule is CCNc1nc(C(OC)C(C)C)nc2c1COCC2. The Kier molecular flexibility index (Phi) is 4.71. The number of fused-ring (bicyclic) bond motifs is 1. The van der Waals surface area contributed by atoms with Gasteiger partial charge >= 0.3 is 0 Å². The fraction of sp³-hybridized carbons (Fsp3) is 0.714. The van der Waals surface area contributed by atoms with E-state index in [4.69, 9.17) is 14.5 Å². The molecule has 1 aliphatic heterocycles. The Hall–Kier alpha value is -1.20. The van der Waals surface area contributed by atoms with Crippen LogP contribution in [0.1, 0.15) is 44.0 Å². The second-order valence-corrected chi connectivity index (χ2v) is 5.09. The summed E-state index contributed by atoms with van der Waals surface area (Å²) in [6.45, 7) is 8.46. The Morgan fingerprint density at radius 3 is 2.79 bits per heavy atom. The summed E-state index contributed by atoms with van der Waals surface area (Å²) < 4.78 is 11.0. The minimum absolute atomic E-state index is 0.0643. The first-order valence-corrected chi connectivity index (χ1v) is 6.91. The van der Waals surface area contributed by atoms with Crippen molar-refractivity contribution in [3.63, 3.8) is 0 Å². The Morgan fingerprint density at radius 1 is 1.37 bits per heavy atom. The van der Waals surface area contributed by atoms with Crippen LogP contribution in [0.2, 0.25) is 0 Å². The van der Waals surface area contributed by atoms with E-state index in [1.165, 1.54) is 0 Å². The summed E-state index contributed by atoms with van der Waals surface area (Å²) in [7, 11) is 1.71. The van der Waals surface area contributed by atoms with Crippen molar-refractivity contribution in [3.05, 3.63) is 17.1 Å². The first-order chi connectivity index (χ1) is 9.17. The van der Waals surface area contributed by atoms with E-state index in [0.29, 0.717) is 12.5 Å². The molecule has 0 spiro atoms. The molecule has 1 N–H and O–H groups in total. The predicted molar refractivity (Wildman–Crippen MR) is 74.1 cm³/mol. The van der Waals surface area contributed by atoms with Crippen LogP contribution in [-0.4, -0.2) is 30.2 Å². The highest BCUT2D eigenvalue weighted by Gasteiger charge is 2.23. The molecule has 1 unspecified atom stereocenters. The molecular weight excluding hydrogens is 242 g/mol. The Morgan fingerprint density at radius 2 is 2.16 bits per heavy atom. The summed E-state index contributed by atoms with van der Waals surface area (Å²) in [6.07, 6.45) is 0.781. The fourth-order valence-electron chi connectivity index (χ4n) is 2.37. The standard InChI is InChI=1S/C14H23N3O2/c1-5-15-13-10-8-19-7-6-11(10)16-14(17-13)12(18-4)9(2)3/h9,12H,5-8H2,1-4H3,(H,15,16,17). The predicted octanol–water partition coefficient (Wildman–Crippen LogP) is 2.32. The van der Waals surface area contributed by atoms with E-state index in [1.807, 2.05) is 0 Å². The molecule has 1 aromatic heterocycles. The van der Waals surface area contributed by atoms with Crippen LogP contribution in [0.3, 0.4) is 0 Å². The molecular formula is C14H23N3O2. The zero-order valence-electron chi connectivity index (χ0n) is 12.2. The van der Waals surface area contributed by atoms with Crippen molar-refractivity contribution in [1.29, 1.82) is 0 Å². The molecule has 19 heavy (non-hydrogen) atoms. The molecule has 5 heteroatoms. The van der Waals surface area contributed by atoms with Gasteiger partial charge < -0.3 is 14.8 Å².